The van der Waals surface area contributed by atoms with Crippen molar-refractivity contribution in [3.8, 4) is 0 Å². The van der Waals surface area contributed by atoms with Gasteiger partial charge in [0.25, 0.3) is 0 Å². The second-order valence-corrected chi connectivity index (χ2v) is 9.75. The van der Waals surface area contributed by atoms with Gasteiger partial charge in [-0.25, -0.2) is 13.1 Å². The number of amides is 1. The Morgan fingerprint density at radius 2 is 1.79 bits per heavy atom. The van der Waals surface area contributed by atoms with Crippen molar-refractivity contribution in [2.75, 3.05) is 45.5 Å². The molecule has 0 spiro atoms. The number of rotatable bonds is 10. The van der Waals surface area contributed by atoms with Gasteiger partial charge in [0.2, 0.25) is 15.9 Å². The van der Waals surface area contributed by atoms with E-state index in [0.29, 0.717) is 19.0 Å². The summed E-state index contributed by atoms with van der Waals surface area (Å²) in [7, 11) is -3.29. The lowest BCUT2D eigenvalue weighted by molar-refractivity contribution is -0.122. The van der Waals surface area contributed by atoms with Crippen LogP contribution in [0, 0.1) is 0 Å². The highest BCUT2D eigenvalue weighted by molar-refractivity contribution is 14.0. The number of likely N-dealkylation sites (tertiary alicyclic amines) is 1. The third-order valence-corrected chi connectivity index (χ3v) is 5.23. The minimum atomic E-state index is -3.29. The SMILES string of the molecule is CCCNC(=O)CN1CCC(NC(=NCC(C)(C)NS(C)(=O)=O)NCC)CC1.I. The van der Waals surface area contributed by atoms with Crippen LogP contribution in [-0.2, 0) is 14.8 Å². The molecule has 0 saturated carbocycles. The van der Waals surface area contributed by atoms with Gasteiger partial charge in [-0.3, -0.25) is 14.7 Å². The Balaban J connectivity index is 0.00000784. The van der Waals surface area contributed by atoms with Crippen LogP contribution in [-0.4, -0.2) is 82.3 Å². The van der Waals surface area contributed by atoms with Crippen LogP contribution in [0.15, 0.2) is 4.99 Å². The molecule has 1 amide bonds. The van der Waals surface area contributed by atoms with Crippen molar-refractivity contribution < 1.29 is 13.2 Å². The number of carbonyl (C=O) groups is 1. The van der Waals surface area contributed by atoms with E-state index in [2.05, 4.69) is 30.6 Å². The molecule has 0 atom stereocenters. The monoisotopic (exact) mass is 546 g/mol. The number of hydrogen-bond acceptors (Lipinski definition) is 5. The van der Waals surface area contributed by atoms with Crippen molar-refractivity contribution in [3.63, 3.8) is 0 Å². The molecule has 11 heteroatoms. The van der Waals surface area contributed by atoms with Gasteiger partial charge in [-0.15, -0.1) is 24.0 Å². The zero-order valence-electron chi connectivity index (χ0n) is 18.4. The quantitative estimate of drug-likeness (QED) is 0.180. The zero-order chi connectivity index (χ0) is 21.2. The summed E-state index contributed by atoms with van der Waals surface area (Å²) in [4.78, 5) is 18.6. The molecule has 0 aromatic rings. The second kappa shape index (κ2) is 13.6. The minimum absolute atomic E-state index is 0. The number of hydrogen-bond donors (Lipinski definition) is 4. The molecule has 1 saturated heterocycles. The Bertz CT molecular complexity index is 619. The van der Waals surface area contributed by atoms with E-state index in [1.807, 2.05) is 27.7 Å². The van der Waals surface area contributed by atoms with Crippen LogP contribution in [0.2, 0.25) is 0 Å². The maximum absolute atomic E-state index is 11.8. The molecule has 29 heavy (non-hydrogen) atoms. The number of nitrogens with zero attached hydrogens (tertiary/aromatic N) is 2. The van der Waals surface area contributed by atoms with E-state index in [1.54, 1.807) is 0 Å². The van der Waals surface area contributed by atoms with E-state index in [9.17, 15) is 13.2 Å². The van der Waals surface area contributed by atoms with E-state index < -0.39 is 15.6 Å². The Morgan fingerprint density at radius 1 is 1.17 bits per heavy atom. The van der Waals surface area contributed by atoms with Gasteiger partial charge in [-0.1, -0.05) is 6.92 Å². The molecule has 0 aliphatic carbocycles. The highest BCUT2D eigenvalue weighted by atomic mass is 127. The first-order valence-corrected chi connectivity index (χ1v) is 12.0. The number of guanidine groups is 1. The molecule has 0 unspecified atom stereocenters. The van der Waals surface area contributed by atoms with Gasteiger partial charge in [0.05, 0.1) is 19.3 Å². The van der Waals surface area contributed by atoms with Crippen molar-refractivity contribution in [2.45, 2.75) is 58.5 Å². The summed E-state index contributed by atoms with van der Waals surface area (Å²) < 4.78 is 25.6. The first-order chi connectivity index (χ1) is 13.0. The summed E-state index contributed by atoms with van der Waals surface area (Å²) in [6.45, 7) is 11.6. The lowest BCUT2D eigenvalue weighted by atomic mass is 10.1. The third kappa shape index (κ3) is 13.3. The Hall–Kier alpha value is -0.660. The number of carbonyl (C=O) groups excluding carboxylic acids is 1. The predicted octanol–water partition coefficient (Wildman–Crippen LogP) is 0.478. The maximum Gasteiger partial charge on any atom is 0.234 e. The van der Waals surface area contributed by atoms with Crippen molar-refractivity contribution >= 4 is 45.9 Å². The van der Waals surface area contributed by atoms with Gasteiger partial charge in [-0.05, 0) is 40.0 Å². The van der Waals surface area contributed by atoms with Crippen LogP contribution in [0.3, 0.4) is 0 Å². The minimum Gasteiger partial charge on any atom is -0.357 e. The highest BCUT2D eigenvalue weighted by Gasteiger charge is 2.24. The van der Waals surface area contributed by atoms with Gasteiger partial charge < -0.3 is 16.0 Å². The third-order valence-electron chi connectivity index (χ3n) is 4.31. The molecule has 4 N–H and O–H groups in total. The van der Waals surface area contributed by atoms with Crippen molar-refractivity contribution in [3.05, 3.63) is 0 Å². The van der Waals surface area contributed by atoms with Crippen molar-refractivity contribution in [1.82, 2.24) is 25.6 Å². The first kappa shape index (κ1) is 28.3. The van der Waals surface area contributed by atoms with E-state index in [-0.39, 0.29) is 35.9 Å². The number of nitrogens with one attached hydrogen (secondary N) is 4. The summed E-state index contributed by atoms with van der Waals surface area (Å²) >= 11 is 0. The van der Waals surface area contributed by atoms with Crippen LogP contribution in [0.4, 0.5) is 0 Å². The predicted molar refractivity (Wildman–Crippen MR) is 129 cm³/mol. The zero-order valence-corrected chi connectivity index (χ0v) is 21.5. The molecule has 1 fully saturated rings. The molecule has 0 radical (unpaired) electrons. The smallest absolute Gasteiger partial charge is 0.234 e. The lowest BCUT2D eigenvalue weighted by Gasteiger charge is -2.33. The summed E-state index contributed by atoms with van der Waals surface area (Å²) in [6, 6.07) is 0.277. The fraction of sp³-hybridized carbons (Fsp3) is 0.889. The summed E-state index contributed by atoms with van der Waals surface area (Å²) in [6.07, 6.45) is 3.95. The standard InChI is InChI=1S/C18H38N6O3S.HI/c1-6-10-20-16(25)13-24-11-8-15(9-12-24)22-17(19-7-2)21-14-18(3,4)23-28(5,26)27;/h15,23H,6-14H2,1-5H3,(H,20,25)(H2,19,21,22);1H. The summed E-state index contributed by atoms with van der Waals surface area (Å²) in [5.74, 6) is 0.772. The van der Waals surface area contributed by atoms with Gasteiger partial charge >= 0.3 is 0 Å². The summed E-state index contributed by atoms with van der Waals surface area (Å²) in [5, 5.41) is 9.56. The number of aliphatic imine (C=N–C) groups is 1. The number of sulfonamides is 1. The van der Waals surface area contributed by atoms with E-state index in [1.165, 1.54) is 0 Å². The lowest BCUT2D eigenvalue weighted by Crippen LogP contribution is -2.51. The fourth-order valence-corrected chi connectivity index (χ4v) is 4.15. The molecule has 0 aromatic carbocycles. The normalized spacial score (nSPS) is 16.8. The molecular formula is C18H39IN6O3S. The Kier molecular flexibility index (Phi) is 13.3. The average molecular weight is 547 g/mol. The molecule has 9 nitrogen and oxygen atoms in total. The molecule has 1 heterocycles. The largest absolute Gasteiger partial charge is 0.357 e. The van der Waals surface area contributed by atoms with Gasteiger partial charge in [0, 0.05) is 37.8 Å². The highest BCUT2D eigenvalue weighted by Crippen LogP contribution is 2.10. The van der Waals surface area contributed by atoms with E-state index in [4.69, 9.17) is 0 Å². The molecule has 1 aliphatic heterocycles. The average Bonchev–Trinajstić information content (AvgIpc) is 2.58. The molecule has 172 valence electrons. The number of halogens is 1. The van der Waals surface area contributed by atoms with Crippen molar-refractivity contribution in [2.24, 2.45) is 4.99 Å². The van der Waals surface area contributed by atoms with Crippen molar-refractivity contribution in [1.29, 1.82) is 0 Å². The number of piperidine rings is 1. The topological polar surface area (TPSA) is 115 Å². The molecule has 1 aliphatic rings. The van der Waals surface area contributed by atoms with Crippen LogP contribution in [0.25, 0.3) is 0 Å². The Labute approximate surface area is 193 Å². The second-order valence-electron chi connectivity index (χ2n) is 8.00. The van der Waals surface area contributed by atoms with Crippen LogP contribution in [0.5, 0.6) is 0 Å². The van der Waals surface area contributed by atoms with Gasteiger partial charge in [-0.2, -0.15) is 0 Å². The maximum atomic E-state index is 11.8. The molecular weight excluding hydrogens is 507 g/mol. The van der Waals surface area contributed by atoms with Crippen LogP contribution < -0.4 is 20.7 Å². The molecule has 1 rings (SSSR count). The van der Waals surface area contributed by atoms with Gasteiger partial charge in [0.1, 0.15) is 0 Å². The Morgan fingerprint density at radius 3 is 2.31 bits per heavy atom. The van der Waals surface area contributed by atoms with E-state index in [0.717, 1.165) is 51.7 Å². The fourth-order valence-electron chi connectivity index (χ4n) is 3.08. The first-order valence-electron chi connectivity index (χ1n) is 10.1. The summed E-state index contributed by atoms with van der Waals surface area (Å²) in [5.41, 5.74) is -0.662. The van der Waals surface area contributed by atoms with Gasteiger partial charge in [0.15, 0.2) is 5.96 Å². The van der Waals surface area contributed by atoms with Crippen LogP contribution in [0.1, 0.15) is 47.0 Å². The van der Waals surface area contributed by atoms with Crippen LogP contribution >= 0.6 is 24.0 Å². The van der Waals surface area contributed by atoms with E-state index >= 15 is 0 Å². The molecule has 0 aromatic heterocycles. The molecule has 0 bridgehead atoms.